The van der Waals surface area contributed by atoms with E-state index in [0.29, 0.717) is 28.5 Å². The van der Waals surface area contributed by atoms with Crippen molar-refractivity contribution in [3.05, 3.63) is 50.4 Å². The number of benzene rings is 1. The van der Waals surface area contributed by atoms with Gasteiger partial charge in [0.1, 0.15) is 5.02 Å². The zero-order chi connectivity index (χ0) is 19.7. The van der Waals surface area contributed by atoms with Gasteiger partial charge in [-0.25, -0.2) is 0 Å². The van der Waals surface area contributed by atoms with E-state index in [9.17, 15) is 4.79 Å². The van der Waals surface area contributed by atoms with E-state index in [1.54, 1.807) is 12.3 Å². The van der Waals surface area contributed by atoms with Gasteiger partial charge >= 0.3 is 0 Å². The van der Waals surface area contributed by atoms with Gasteiger partial charge in [0.2, 0.25) is 0 Å². The van der Waals surface area contributed by atoms with E-state index in [0.717, 1.165) is 31.5 Å². The lowest BCUT2D eigenvalue weighted by Crippen LogP contribution is -2.46. The molecular weight excluding hydrogens is 383 g/mol. The van der Waals surface area contributed by atoms with Crippen molar-refractivity contribution in [3.8, 4) is 5.69 Å². The highest BCUT2D eigenvalue weighted by Gasteiger charge is 2.26. The molecule has 146 valence electrons. The highest BCUT2D eigenvalue weighted by Crippen LogP contribution is 2.27. The minimum atomic E-state index is -0.333. The van der Waals surface area contributed by atoms with Gasteiger partial charge in [-0.3, -0.25) is 4.79 Å². The Morgan fingerprint density at radius 2 is 1.89 bits per heavy atom. The number of aromatic nitrogens is 2. The topological polar surface area (TPSA) is 41.4 Å². The van der Waals surface area contributed by atoms with Crippen LogP contribution >= 0.6 is 23.2 Å². The Labute approximate surface area is 170 Å². The molecule has 2 aromatic rings. The molecule has 2 heterocycles. The third-order valence-electron chi connectivity index (χ3n) is 5.46. The Kier molecular flexibility index (Phi) is 6.14. The van der Waals surface area contributed by atoms with Crippen LogP contribution in [0.1, 0.15) is 32.3 Å². The molecule has 1 aromatic carbocycles. The Balaban J connectivity index is 1.84. The highest BCUT2D eigenvalue weighted by molar-refractivity contribution is 6.33. The summed E-state index contributed by atoms with van der Waals surface area (Å²) in [4.78, 5) is 17.4. The molecule has 7 heteroatoms. The largest absolute Gasteiger partial charge is 0.369 e. The van der Waals surface area contributed by atoms with Crippen LogP contribution in [0.5, 0.6) is 0 Å². The predicted molar refractivity (Wildman–Crippen MR) is 113 cm³/mol. The standard InChI is InChI=1S/C20H26Cl2N4O/c1-13(2)25-9-7-15(8-10-25)24(4)18-12-23-26(20(27)19(18)22)16-6-5-14(3)17(21)11-16/h5-6,11-13,15H,7-10H2,1-4H3. The van der Waals surface area contributed by atoms with Gasteiger partial charge in [-0.05, 0) is 51.3 Å². The van der Waals surface area contributed by atoms with Crippen molar-refractivity contribution in [2.45, 2.75) is 45.7 Å². The monoisotopic (exact) mass is 408 g/mol. The van der Waals surface area contributed by atoms with Gasteiger partial charge in [0, 0.05) is 37.2 Å². The molecule has 0 atom stereocenters. The van der Waals surface area contributed by atoms with E-state index in [4.69, 9.17) is 23.2 Å². The lowest BCUT2D eigenvalue weighted by atomic mass is 10.0. The first kappa shape index (κ1) is 20.2. The summed E-state index contributed by atoms with van der Waals surface area (Å²) in [5.41, 5.74) is 1.90. The summed E-state index contributed by atoms with van der Waals surface area (Å²) in [5.74, 6) is 0. The summed E-state index contributed by atoms with van der Waals surface area (Å²) in [7, 11) is 1.99. The van der Waals surface area contributed by atoms with Crippen LogP contribution in [0.25, 0.3) is 5.69 Å². The van der Waals surface area contributed by atoms with Gasteiger partial charge in [0.15, 0.2) is 0 Å². The third-order valence-corrected chi connectivity index (χ3v) is 6.22. The van der Waals surface area contributed by atoms with Crippen molar-refractivity contribution in [2.75, 3.05) is 25.0 Å². The fourth-order valence-corrected chi connectivity index (χ4v) is 3.99. The number of hydrogen-bond acceptors (Lipinski definition) is 4. The minimum absolute atomic E-state index is 0.190. The Hall–Kier alpha value is -1.56. The number of nitrogens with zero attached hydrogens (tertiary/aromatic N) is 4. The van der Waals surface area contributed by atoms with Gasteiger partial charge in [0.05, 0.1) is 17.6 Å². The zero-order valence-electron chi connectivity index (χ0n) is 16.2. The summed E-state index contributed by atoms with van der Waals surface area (Å²) in [6.07, 6.45) is 3.76. The highest BCUT2D eigenvalue weighted by atomic mass is 35.5. The smallest absolute Gasteiger partial charge is 0.292 e. The second-order valence-electron chi connectivity index (χ2n) is 7.47. The quantitative estimate of drug-likeness (QED) is 0.761. The Morgan fingerprint density at radius 1 is 1.22 bits per heavy atom. The molecule has 1 aromatic heterocycles. The first-order valence-electron chi connectivity index (χ1n) is 9.31. The molecule has 0 bridgehead atoms. The second kappa shape index (κ2) is 8.21. The van der Waals surface area contributed by atoms with Gasteiger partial charge in [-0.15, -0.1) is 0 Å². The fraction of sp³-hybridized carbons (Fsp3) is 0.500. The van der Waals surface area contributed by atoms with Crippen molar-refractivity contribution in [1.82, 2.24) is 14.7 Å². The summed E-state index contributed by atoms with van der Waals surface area (Å²) >= 11 is 12.6. The first-order valence-corrected chi connectivity index (χ1v) is 10.1. The van der Waals surface area contributed by atoms with E-state index in [1.165, 1.54) is 4.68 Å². The van der Waals surface area contributed by atoms with E-state index in [1.807, 2.05) is 26.1 Å². The molecular formula is C20H26Cl2N4O. The zero-order valence-corrected chi connectivity index (χ0v) is 17.8. The number of piperidine rings is 1. The van der Waals surface area contributed by atoms with Crippen molar-refractivity contribution in [1.29, 1.82) is 0 Å². The van der Waals surface area contributed by atoms with E-state index < -0.39 is 0 Å². The Morgan fingerprint density at radius 3 is 2.48 bits per heavy atom. The number of likely N-dealkylation sites (tertiary alicyclic amines) is 1. The summed E-state index contributed by atoms with van der Waals surface area (Å²) in [6.45, 7) is 8.47. The van der Waals surface area contributed by atoms with Gasteiger partial charge in [0.25, 0.3) is 5.56 Å². The van der Waals surface area contributed by atoms with Crippen molar-refractivity contribution in [2.24, 2.45) is 0 Å². The summed E-state index contributed by atoms with van der Waals surface area (Å²) < 4.78 is 1.30. The number of hydrogen-bond donors (Lipinski definition) is 0. The van der Waals surface area contributed by atoms with Crippen molar-refractivity contribution in [3.63, 3.8) is 0 Å². The maximum absolute atomic E-state index is 12.8. The number of rotatable bonds is 4. The van der Waals surface area contributed by atoms with Gasteiger partial charge < -0.3 is 9.80 Å². The van der Waals surface area contributed by atoms with Gasteiger partial charge in [-0.1, -0.05) is 29.3 Å². The predicted octanol–water partition coefficient (Wildman–Crippen LogP) is 4.16. The van der Waals surface area contributed by atoms with Crippen LogP contribution in [-0.2, 0) is 0 Å². The lowest BCUT2D eigenvalue weighted by molar-refractivity contribution is 0.171. The average Bonchev–Trinajstić information content (AvgIpc) is 2.66. The van der Waals surface area contributed by atoms with Crippen LogP contribution in [0, 0.1) is 6.92 Å². The first-order chi connectivity index (χ1) is 12.8. The average molecular weight is 409 g/mol. The molecule has 1 saturated heterocycles. The van der Waals surface area contributed by atoms with Crippen LogP contribution in [0.15, 0.2) is 29.2 Å². The van der Waals surface area contributed by atoms with Crippen LogP contribution in [-0.4, -0.2) is 46.9 Å². The molecule has 27 heavy (non-hydrogen) atoms. The molecule has 0 spiro atoms. The molecule has 1 aliphatic rings. The third kappa shape index (κ3) is 4.15. The van der Waals surface area contributed by atoms with Crippen LogP contribution in [0.3, 0.4) is 0 Å². The summed E-state index contributed by atoms with van der Waals surface area (Å²) in [6, 6.07) is 6.32. The molecule has 0 N–H and O–H groups in total. The number of anilines is 1. The maximum Gasteiger partial charge on any atom is 0.292 e. The molecule has 0 amide bonds. The fourth-order valence-electron chi connectivity index (χ4n) is 3.55. The van der Waals surface area contributed by atoms with E-state index in [2.05, 4.69) is 28.7 Å². The molecule has 1 fully saturated rings. The second-order valence-corrected chi connectivity index (χ2v) is 8.25. The molecule has 1 aliphatic heterocycles. The number of halogens is 2. The molecule has 3 rings (SSSR count). The molecule has 0 aliphatic carbocycles. The van der Waals surface area contributed by atoms with Crippen molar-refractivity contribution >= 4 is 28.9 Å². The van der Waals surface area contributed by atoms with E-state index >= 15 is 0 Å². The lowest BCUT2D eigenvalue weighted by Gasteiger charge is -2.39. The number of aryl methyl sites for hydroxylation is 1. The normalized spacial score (nSPS) is 16.1. The molecule has 0 radical (unpaired) electrons. The summed E-state index contributed by atoms with van der Waals surface area (Å²) in [5, 5.41) is 5.13. The van der Waals surface area contributed by atoms with Gasteiger partial charge in [-0.2, -0.15) is 9.78 Å². The molecule has 5 nitrogen and oxygen atoms in total. The van der Waals surface area contributed by atoms with Crippen LogP contribution in [0.4, 0.5) is 5.69 Å². The SMILES string of the molecule is Cc1ccc(-n2ncc(N(C)C3CCN(C(C)C)CC3)c(Cl)c2=O)cc1Cl. The van der Waals surface area contributed by atoms with Crippen molar-refractivity contribution < 1.29 is 0 Å². The van der Waals surface area contributed by atoms with Crippen LogP contribution < -0.4 is 10.5 Å². The molecule has 0 saturated carbocycles. The van der Waals surface area contributed by atoms with Crippen LogP contribution in [0.2, 0.25) is 10.0 Å². The minimum Gasteiger partial charge on any atom is -0.369 e. The Bertz CT molecular complexity index is 873. The maximum atomic E-state index is 12.8. The van der Waals surface area contributed by atoms with E-state index in [-0.39, 0.29) is 10.6 Å². The molecule has 0 unspecified atom stereocenters.